The number of aliphatic hydroxyl groups is 1. The zero-order valence-electron chi connectivity index (χ0n) is 12.5. The molecule has 0 amide bonds. The van der Waals surface area contributed by atoms with E-state index in [1.54, 1.807) is 11.3 Å². The second-order valence-electron chi connectivity index (χ2n) is 5.87. The van der Waals surface area contributed by atoms with Crippen molar-refractivity contribution in [2.24, 2.45) is 5.92 Å². The molecular weight excluding hydrogens is 282 g/mol. The van der Waals surface area contributed by atoms with Gasteiger partial charge in [-0.2, -0.15) is 0 Å². The Morgan fingerprint density at radius 1 is 1.52 bits per heavy atom. The molecule has 2 aromatic rings. The molecule has 1 saturated carbocycles. The normalized spacial score (nSPS) is 17.8. The Morgan fingerprint density at radius 2 is 2.38 bits per heavy atom. The molecule has 1 fully saturated rings. The maximum Gasteiger partial charge on any atom is 0.150 e. The van der Waals surface area contributed by atoms with Gasteiger partial charge in [-0.15, -0.1) is 11.3 Å². The second-order valence-corrected chi connectivity index (χ2v) is 6.82. The summed E-state index contributed by atoms with van der Waals surface area (Å²) in [6.07, 6.45) is 7.37. The van der Waals surface area contributed by atoms with Gasteiger partial charge in [-0.05, 0) is 43.2 Å². The Labute approximate surface area is 129 Å². The lowest BCUT2D eigenvalue weighted by molar-refractivity contribution is 0.122. The molecule has 1 atom stereocenters. The van der Waals surface area contributed by atoms with Crippen LogP contribution < -0.4 is 5.32 Å². The minimum atomic E-state index is -0.206. The Kier molecular flexibility index (Phi) is 4.42. The van der Waals surface area contributed by atoms with Gasteiger partial charge < -0.3 is 15.0 Å². The summed E-state index contributed by atoms with van der Waals surface area (Å²) in [4.78, 5) is 5.68. The molecular formula is C16H23N3OS. The van der Waals surface area contributed by atoms with Crippen LogP contribution in [0.1, 0.15) is 26.2 Å². The first kappa shape index (κ1) is 14.8. The Morgan fingerprint density at radius 3 is 3.00 bits per heavy atom. The van der Waals surface area contributed by atoms with E-state index in [9.17, 15) is 5.11 Å². The molecule has 0 aliphatic heterocycles. The first-order chi connectivity index (χ1) is 10.3. The van der Waals surface area contributed by atoms with Crippen molar-refractivity contribution in [3.63, 3.8) is 0 Å². The van der Waals surface area contributed by atoms with Crippen LogP contribution in [0.25, 0.3) is 10.7 Å². The van der Waals surface area contributed by atoms with Gasteiger partial charge in [-0.3, -0.25) is 0 Å². The number of nitrogens with one attached hydrogen (secondary N) is 1. The molecule has 0 bridgehead atoms. The molecule has 1 unspecified atom stereocenters. The van der Waals surface area contributed by atoms with Crippen molar-refractivity contribution in [1.29, 1.82) is 0 Å². The summed E-state index contributed by atoms with van der Waals surface area (Å²) < 4.78 is 2.18. The number of hydrogen-bond acceptors (Lipinski definition) is 4. The number of thiophene rings is 1. The quantitative estimate of drug-likeness (QED) is 0.788. The molecule has 114 valence electrons. The fraction of sp³-hybridized carbons (Fsp3) is 0.562. The van der Waals surface area contributed by atoms with Crippen LogP contribution in [0.4, 0.5) is 0 Å². The van der Waals surface area contributed by atoms with Crippen LogP contribution in [0, 0.1) is 5.92 Å². The summed E-state index contributed by atoms with van der Waals surface area (Å²) >= 11 is 1.70. The first-order valence-corrected chi connectivity index (χ1v) is 8.58. The number of nitrogens with zero attached hydrogens (tertiary/aromatic N) is 2. The van der Waals surface area contributed by atoms with Crippen LogP contribution in [0.5, 0.6) is 0 Å². The molecule has 0 radical (unpaired) electrons. The predicted molar refractivity (Wildman–Crippen MR) is 86.4 cm³/mol. The second kappa shape index (κ2) is 6.30. The highest BCUT2D eigenvalue weighted by Gasteiger charge is 2.44. The van der Waals surface area contributed by atoms with E-state index in [-0.39, 0.29) is 12.1 Å². The van der Waals surface area contributed by atoms with Gasteiger partial charge in [0, 0.05) is 18.9 Å². The fourth-order valence-electron chi connectivity index (χ4n) is 2.95. The summed E-state index contributed by atoms with van der Waals surface area (Å²) in [6.45, 7) is 4.07. The Bertz CT molecular complexity index is 562. The Balaban J connectivity index is 1.84. The van der Waals surface area contributed by atoms with Gasteiger partial charge in [0.1, 0.15) is 5.82 Å². The third kappa shape index (κ3) is 3.05. The molecule has 4 nitrogen and oxygen atoms in total. The highest BCUT2D eigenvalue weighted by molar-refractivity contribution is 7.13. The van der Waals surface area contributed by atoms with Crippen molar-refractivity contribution >= 4 is 11.3 Å². The maximum atomic E-state index is 10.0. The van der Waals surface area contributed by atoms with Crippen LogP contribution in [0.2, 0.25) is 0 Å². The van der Waals surface area contributed by atoms with E-state index >= 15 is 0 Å². The van der Waals surface area contributed by atoms with E-state index in [1.807, 2.05) is 12.4 Å². The SMILES string of the molecule is CCCNC(CO)(Cn1ccnc1-c1cccs1)C1CC1. The number of aromatic nitrogens is 2. The predicted octanol–water partition coefficient (Wildman–Crippen LogP) is 2.75. The van der Waals surface area contributed by atoms with E-state index in [0.717, 1.165) is 25.3 Å². The third-order valence-corrected chi connectivity index (χ3v) is 5.14. The fourth-order valence-corrected chi connectivity index (χ4v) is 3.68. The van der Waals surface area contributed by atoms with Gasteiger partial charge in [0.2, 0.25) is 0 Å². The van der Waals surface area contributed by atoms with Crippen molar-refractivity contribution in [2.45, 2.75) is 38.3 Å². The number of hydrogen-bond donors (Lipinski definition) is 2. The highest BCUT2D eigenvalue weighted by atomic mass is 32.1. The van der Waals surface area contributed by atoms with Crippen molar-refractivity contribution in [2.75, 3.05) is 13.2 Å². The van der Waals surface area contributed by atoms with E-state index in [2.05, 4.69) is 39.3 Å². The van der Waals surface area contributed by atoms with Crippen molar-refractivity contribution in [1.82, 2.24) is 14.9 Å². The molecule has 0 aromatic carbocycles. The monoisotopic (exact) mass is 305 g/mol. The number of rotatable bonds is 8. The van der Waals surface area contributed by atoms with Crippen molar-refractivity contribution in [3.8, 4) is 10.7 Å². The van der Waals surface area contributed by atoms with Crippen molar-refractivity contribution in [3.05, 3.63) is 29.9 Å². The standard InChI is InChI=1S/C16H23N3OS/c1-2-7-18-16(12-20,13-5-6-13)11-19-9-8-17-15(19)14-4-3-10-21-14/h3-4,8-10,13,18,20H,2,5-7,11-12H2,1H3. The topological polar surface area (TPSA) is 50.1 Å². The third-order valence-electron chi connectivity index (χ3n) is 4.28. The summed E-state index contributed by atoms with van der Waals surface area (Å²) in [6, 6.07) is 4.15. The molecule has 1 aliphatic rings. The molecule has 5 heteroatoms. The lowest BCUT2D eigenvalue weighted by Gasteiger charge is -2.34. The molecule has 0 spiro atoms. The van der Waals surface area contributed by atoms with E-state index in [1.165, 1.54) is 17.7 Å². The van der Waals surface area contributed by atoms with Gasteiger partial charge >= 0.3 is 0 Å². The zero-order valence-corrected chi connectivity index (χ0v) is 13.3. The summed E-state index contributed by atoms with van der Waals surface area (Å²) in [5, 5.41) is 15.7. The lowest BCUT2D eigenvalue weighted by Crippen LogP contribution is -2.54. The molecule has 2 aromatic heterocycles. The minimum absolute atomic E-state index is 0.180. The summed E-state index contributed by atoms with van der Waals surface area (Å²) in [7, 11) is 0. The summed E-state index contributed by atoms with van der Waals surface area (Å²) in [5.74, 6) is 1.58. The van der Waals surface area contributed by atoms with Gasteiger partial charge in [-0.1, -0.05) is 13.0 Å². The van der Waals surface area contributed by atoms with Crippen LogP contribution in [0.3, 0.4) is 0 Å². The van der Waals surface area contributed by atoms with E-state index in [0.29, 0.717) is 5.92 Å². The maximum absolute atomic E-state index is 10.0. The molecule has 1 aliphatic carbocycles. The van der Waals surface area contributed by atoms with Crippen molar-refractivity contribution < 1.29 is 5.11 Å². The smallest absolute Gasteiger partial charge is 0.150 e. The average Bonchev–Trinajstić information content (AvgIpc) is 3.04. The van der Waals surface area contributed by atoms with E-state index in [4.69, 9.17) is 0 Å². The molecule has 3 rings (SSSR count). The highest BCUT2D eigenvalue weighted by Crippen LogP contribution is 2.41. The van der Waals surface area contributed by atoms with Gasteiger partial charge in [0.15, 0.2) is 0 Å². The van der Waals surface area contributed by atoms with Crippen LogP contribution in [0.15, 0.2) is 29.9 Å². The van der Waals surface area contributed by atoms with Crippen LogP contribution in [-0.2, 0) is 6.54 Å². The average molecular weight is 305 g/mol. The van der Waals surface area contributed by atoms with E-state index < -0.39 is 0 Å². The molecule has 2 heterocycles. The van der Waals surface area contributed by atoms with Crippen LogP contribution in [-0.4, -0.2) is 33.3 Å². The molecule has 2 N–H and O–H groups in total. The molecule has 21 heavy (non-hydrogen) atoms. The summed E-state index contributed by atoms with van der Waals surface area (Å²) in [5.41, 5.74) is -0.206. The number of aliphatic hydroxyl groups excluding tert-OH is 1. The Hall–Kier alpha value is -1.17. The van der Waals surface area contributed by atoms with Gasteiger partial charge in [0.25, 0.3) is 0 Å². The van der Waals surface area contributed by atoms with Gasteiger partial charge in [0.05, 0.1) is 17.0 Å². The largest absolute Gasteiger partial charge is 0.394 e. The van der Waals surface area contributed by atoms with Crippen LogP contribution >= 0.6 is 11.3 Å². The lowest BCUT2D eigenvalue weighted by atomic mass is 9.93. The zero-order chi connectivity index (χ0) is 14.7. The number of imidazole rings is 1. The van der Waals surface area contributed by atoms with Gasteiger partial charge in [-0.25, -0.2) is 4.98 Å². The first-order valence-electron chi connectivity index (χ1n) is 7.70. The minimum Gasteiger partial charge on any atom is -0.394 e. The molecule has 0 saturated heterocycles.